The first-order valence-electron chi connectivity index (χ1n) is 6.45. The monoisotopic (exact) mass is 308 g/mol. The summed E-state index contributed by atoms with van der Waals surface area (Å²) >= 11 is 1.50. The summed E-state index contributed by atoms with van der Waals surface area (Å²) in [5, 5.41) is 18.5. The van der Waals surface area contributed by atoms with Crippen LogP contribution in [0.25, 0.3) is 0 Å². The third kappa shape index (κ3) is 4.73. The molecule has 2 aromatic rings. The normalized spacial score (nSPS) is 11.9. The first-order valence-corrected chi connectivity index (χ1v) is 7.39. The van der Waals surface area contributed by atoms with Gasteiger partial charge in [-0.2, -0.15) is 11.3 Å². The number of furan rings is 1. The molecule has 0 aromatic carbocycles. The van der Waals surface area contributed by atoms with Gasteiger partial charge in [-0.15, -0.1) is 0 Å². The minimum atomic E-state index is -0.726. The molecule has 2 rings (SSSR count). The van der Waals surface area contributed by atoms with Crippen molar-refractivity contribution in [3.8, 4) is 0 Å². The summed E-state index contributed by atoms with van der Waals surface area (Å²) < 4.78 is 5.04. The van der Waals surface area contributed by atoms with Gasteiger partial charge in [-0.3, -0.25) is 9.59 Å². The molecule has 0 bridgehead atoms. The highest BCUT2D eigenvalue weighted by Crippen LogP contribution is 2.18. The van der Waals surface area contributed by atoms with Gasteiger partial charge in [0.2, 0.25) is 0 Å². The van der Waals surface area contributed by atoms with Crippen LogP contribution in [0, 0.1) is 0 Å². The highest BCUT2D eigenvalue weighted by atomic mass is 32.1. The molecule has 0 aliphatic carbocycles. The Hall–Kier alpha value is -2.12. The molecular formula is C14H16N2O4S. The number of carbonyl (C=O) groups excluding carboxylic acids is 2. The molecule has 0 saturated carbocycles. The summed E-state index contributed by atoms with van der Waals surface area (Å²) in [4.78, 5) is 23.1. The summed E-state index contributed by atoms with van der Waals surface area (Å²) in [6.07, 6.45) is 1.21. The number of aliphatic hydroxyl groups excluding tert-OH is 1. The van der Waals surface area contributed by atoms with Crippen LogP contribution in [-0.4, -0.2) is 23.5 Å². The predicted octanol–water partition coefficient (Wildman–Crippen LogP) is 1.20. The lowest BCUT2D eigenvalue weighted by atomic mass is 10.1. The second-order valence-corrected chi connectivity index (χ2v) is 5.16. The summed E-state index contributed by atoms with van der Waals surface area (Å²) in [7, 11) is 0. The van der Waals surface area contributed by atoms with Crippen molar-refractivity contribution >= 4 is 23.2 Å². The number of thiophene rings is 1. The Labute approximate surface area is 125 Å². The standard InChI is InChI=1S/C14H16N2O4S/c17-12(10-4-7-21-9-10)3-5-15-13(18)14(19)16-8-11-2-1-6-20-11/h1-2,4,6-7,9,12,17H,3,5,8H2,(H,15,18)(H,16,19)/t12-/m1/s1. The zero-order valence-electron chi connectivity index (χ0n) is 11.2. The maximum Gasteiger partial charge on any atom is 0.309 e. The zero-order valence-corrected chi connectivity index (χ0v) is 12.1. The van der Waals surface area contributed by atoms with E-state index in [1.807, 2.05) is 16.8 Å². The molecule has 0 fully saturated rings. The third-order valence-electron chi connectivity index (χ3n) is 2.84. The van der Waals surface area contributed by atoms with Gasteiger partial charge in [-0.25, -0.2) is 0 Å². The Morgan fingerprint density at radius 1 is 1.29 bits per heavy atom. The number of nitrogens with one attached hydrogen (secondary N) is 2. The van der Waals surface area contributed by atoms with Crippen molar-refractivity contribution in [2.24, 2.45) is 0 Å². The Morgan fingerprint density at radius 2 is 2.10 bits per heavy atom. The fraction of sp³-hybridized carbons (Fsp3) is 0.286. The van der Waals surface area contributed by atoms with Crippen LogP contribution in [0.2, 0.25) is 0 Å². The first-order chi connectivity index (χ1) is 10.2. The van der Waals surface area contributed by atoms with Crippen LogP contribution in [0.15, 0.2) is 39.6 Å². The summed E-state index contributed by atoms with van der Waals surface area (Å²) in [5.74, 6) is -0.875. The summed E-state index contributed by atoms with van der Waals surface area (Å²) in [6.45, 7) is 0.390. The van der Waals surface area contributed by atoms with Gasteiger partial charge in [-0.1, -0.05) is 0 Å². The molecule has 0 aliphatic heterocycles. The van der Waals surface area contributed by atoms with E-state index in [9.17, 15) is 14.7 Å². The molecule has 0 saturated heterocycles. The van der Waals surface area contributed by atoms with E-state index in [1.165, 1.54) is 17.6 Å². The molecule has 0 spiro atoms. The molecule has 2 heterocycles. The molecule has 2 amide bonds. The number of aliphatic hydroxyl groups is 1. The van der Waals surface area contributed by atoms with E-state index in [1.54, 1.807) is 12.1 Å². The number of rotatable bonds is 6. The topological polar surface area (TPSA) is 91.6 Å². The smallest absolute Gasteiger partial charge is 0.309 e. The van der Waals surface area contributed by atoms with Gasteiger partial charge < -0.3 is 20.2 Å². The van der Waals surface area contributed by atoms with Crippen LogP contribution < -0.4 is 10.6 Å². The molecule has 0 unspecified atom stereocenters. The lowest BCUT2D eigenvalue weighted by Gasteiger charge is -2.09. The zero-order chi connectivity index (χ0) is 15.1. The summed E-state index contributed by atoms with van der Waals surface area (Å²) in [6, 6.07) is 5.23. The van der Waals surface area contributed by atoms with Crippen LogP contribution in [0.1, 0.15) is 23.8 Å². The molecule has 21 heavy (non-hydrogen) atoms. The van der Waals surface area contributed by atoms with Gasteiger partial charge in [0.1, 0.15) is 5.76 Å². The first kappa shape index (κ1) is 15.3. The molecule has 112 valence electrons. The van der Waals surface area contributed by atoms with Gasteiger partial charge in [0.15, 0.2) is 0 Å². The van der Waals surface area contributed by atoms with Gasteiger partial charge in [0.25, 0.3) is 0 Å². The highest BCUT2D eigenvalue weighted by Gasteiger charge is 2.14. The van der Waals surface area contributed by atoms with Crippen molar-refractivity contribution in [1.82, 2.24) is 10.6 Å². The fourth-order valence-electron chi connectivity index (χ4n) is 1.69. The molecule has 7 heteroatoms. The fourth-order valence-corrected chi connectivity index (χ4v) is 2.40. The SMILES string of the molecule is O=C(NCC[C@@H](O)c1ccsc1)C(=O)NCc1ccco1. The minimum Gasteiger partial charge on any atom is -0.467 e. The summed E-state index contributed by atoms with van der Waals surface area (Å²) in [5.41, 5.74) is 0.816. The van der Waals surface area contributed by atoms with Crippen molar-refractivity contribution < 1.29 is 19.1 Å². The predicted molar refractivity (Wildman–Crippen MR) is 77.5 cm³/mol. The van der Waals surface area contributed by atoms with Gasteiger partial charge in [0.05, 0.1) is 18.9 Å². The van der Waals surface area contributed by atoms with Crippen LogP contribution in [-0.2, 0) is 16.1 Å². The molecule has 2 aromatic heterocycles. The Kier molecular flexibility index (Phi) is 5.53. The lowest BCUT2D eigenvalue weighted by molar-refractivity contribution is -0.139. The number of amides is 2. The maximum absolute atomic E-state index is 11.5. The molecule has 1 atom stereocenters. The van der Waals surface area contributed by atoms with Crippen molar-refractivity contribution in [2.75, 3.05) is 6.54 Å². The van der Waals surface area contributed by atoms with Crippen LogP contribution >= 0.6 is 11.3 Å². The Morgan fingerprint density at radius 3 is 2.76 bits per heavy atom. The van der Waals surface area contributed by atoms with E-state index in [4.69, 9.17) is 4.42 Å². The second kappa shape index (κ2) is 7.61. The van der Waals surface area contributed by atoms with E-state index >= 15 is 0 Å². The Balaban J connectivity index is 1.65. The molecule has 0 radical (unpaired) electrons. The number of hydrogen-bond acceptors (Lipinski definition) is 5. The van der Waals surface area contributed by atoms with E-state index in [-0.39, 0.29) is 13.1 Å². The number of hydrogen-bond donors (Lipinski definition) is 3. The van der Waals surface area contributed by atoms with E-state index in [0.717, 1.165) is 5.56 Å². The van der Waals surface area contributed by atoms with E-state index in [0.29, 0.717) is 12.2 Å². The Bertz CT molecular complexity index is 566. The molecule has 6 nitrogen and oxygen atoms in total. The van der Waals surface area contributed by atoms with Gasteiger partial charge in [0, 0.05) is 6.54 Å². The van der Waals surface area contributed by atoms with Gasteiger partial charge >= 0.3 is 11.8 Å². The van der Waals surface area contributed by atoms with Gasteiger partial charge in [-0.05, 0) is 40.9 Å². The average molecular weight is 308 g/mol. The third-order valence-corrected chi connectivity index (χ3v) is 3.54. The molecule has 0 aliphatic rings. The van der Waals surface area contributed by atoms with Crippen LogP contribution in [0.4, 0.5) is 0 Å². The second-order valence-electron chi connectivity index (χ2n) is 4.38. The van der Waals surface area contributed by atoms with E-state index < -0.39 is 17.9 Å². The van der Waals surface area contributed by atoms with Crippen molar-refractivity contribution in [3.05, 3.63) is 46.5 Å². The van der Waals surface area contributed by atoms with Crippen LogP contribution in [0.5, 0.6) is 0 Å². The molecule has 3 N–H and O–H groups in total. The van der Waals surface area contributed by atoms with Crippen molar-refractivity contribution in [1.29, 1.82) is 0 Å². The minimum absolute atomic E-state index is 0.163. The van der Waals surface area contributed by atoms with E-state index in [2.05, 4.69) is 10.6 Å². The maximum atomic E-state index is 11.5. The lowest BCUT2D eigenvalue weighted by Crippen LogP contribution is -2.40. The average Bonchev–Trinajstić information content (AvgIpc) is 3.17. The molecular weight excluding hydrogens is 292 g/mol. The van der Waals surface area contributed by atoms with Crippen molar-refractivity contribution in [2.45, 2.75) is 19.1 Å². The number of carbonyl (C=O) groups is 2. The quantitative estimate of drug-likeness (QED) is 0.699. The van der Waals surface area contributed by atoms with Crippen molar-refractivity contribution in [3.63, 3.8) is 0 Å². The van der Waals surface area contributed by atoms with Crippen LogP contribution in [0.3, 0.4) is 0 Å². The highest BCUT2D eigenvalue weighted by molar-refractivity contribution is 7.07. The largest absolute Gasteiger partial charge is 0.467 e.